The minimum absolute atomic E-state index is 0.127. The summed E-state index contributed by atoms with van der Waals surface area (Å²) in [7, 11) is 0. The summed E-state index contributed by atoms with van der Waals surface area (Å²) in [5.74, 6) is -3.76. The largest absolute Gasteiger partial charge is 0.504 e. The number of anilines is 1. The third kappa shape index (κ3) is 5.26. The molecule has 2 saturated heterocycles. The summed E-state index contributed by atoms with van der Waals surface area (Å²) in [5, 5.41) is 9.58. The average molecular weight is 650 g/mol. The van der Waals surface area contributed by atoms with Crippen LogP contribution in [0.2, 0.25) is 0 Å². The summed E-state index contributed by atoms with van der Waals surface area (Å²) in [6.07, 6.45) is -4.69. The molecule has 44 heavy (non-hydrogen) atoms. The quantitative estimate of drug-likeness (QED) is 0.402. The number of aromatic hydroxyl groups is 1. The predicted octanol–water partition coefficient (Wildman–Crippen LogP) is 3.69. The number of phenols is 1. The molecule has 2 aromatic carbocycles. The summed E-state index contributed by atoms with van der Waals surface area (Å²) in [4.78, 5) is 56.7. The number of rotatable bonds is 6. The van der Waals surface area contributed by atoms with Crippen LogP contribution in [-0.2, 0) is 31.8 Å². The SMILES string of the molecule is CCOc1cc([C@@H]2c3sc(=O)n(CC(=O)N4CCOCC4)c3S[C@@H]3C(=O)N(c4cccc(C(F)(F)F)c4)C(=O)[C@H]23)ccc1O. The molecule has 1 N–H and O–H groups in total. The molecule has 0 radical (unpaired) electrons. The third-order valence-electron chi connectivity index (χ3n) is 7.78. The number of amides is 3. The van der Waals surface area contributed by atoms with Crippen LogP contribution < -0.4 is 14.5 Å². The third-order valence-corrected chi connectivity index (χ3v) is 10.4. The van der Waals surface area contributed by atoms with E-state index in [0.29, 0.717) is 41.8 Å². The van der Waals surface area contributed by atoms with Gasteiger partial charge in [0.1, 0.15) is 11.8 Å². The normalized spacial score (nSPS) is 21.8. The molecule has 15 heteroatoms. The van der Waals surface area contributed by atoms with Gasteiger partial charge in [0.25, 0.3) is 0 Å². The molecule has 3 atom stereocenters. The molecule has 1 aromatic heterocycles. The van der Waals surface area contributed by atoms with Crippen molar-refractivity contribution in [1.82, 2.24) is 9.47 Å². The smallest absolute Gasteiger partial charge is 0.416 e. The Morgan fingerprint density at radius 3 is 2.55 bits per heavy atom. The van der Waals surface area contributed by atoms with Crippen molar-refractivity contribution < 1.29 is 42.1 Å². The number of phenolic OH excluding ortho intramolecular Hbond substituents is 1. The minimum Gasteiger partial charge on any atom is -0.504 e. The monoisotopic (exact) mass is 649 g/mol. The molecule has 2 fully saturated rings. The zero-order valence-corrected chi connectivity index (χ0v) is 24.8. The van der Waals surface area contributed by atoms with Gasteiger partial charge in [-0.15, -0.1) is 0 Å². The van der Waals surface area contributed by atoms with Crippen LogP contribution in [0.1, 0.15) is 28.8 Å². The standard InChI is InChI=1S/C29H26F3N3O7S2/c1-2-42-19-12-15(6-7-18(19)36)21-22-23(26(39)35(25(22)38)17-5-3-4-16(13-17)29(30,31)32)43-27-24(21)44-28(40)34(27)14-20(37)33-8-10-41-11-9-33/h3-7,12-13,21-23,36H,2,8-11,14H2,1H3/t21-,22+,23-/m0/s1. The van der Waals surface area contributed by atoms with E-state index in [4.69, 9.17) is 9.47 Å². The van der Waals surface area contributed by atoms with Crippen LogP contribution in [0.3, 0.4) is 0 Å². The molecule has 10 nitrogen and oxygen atoms in total. The summed E-state index contributed by atoms with van der Waals surface area (Å²) in [6.45, 7) is 3.13. The van der Waals surface area contributed by atoms with Gasteiger partial charge in [-0.3, -0.25) is 23.7 Å². The van der Waals surface area contributed by atoms with Crippen LogP contribution in [0.15, 0.2) is 52.3 Å². The molecule has 0 bridgehead atoms. The Balaban J connectivity index is 1.46. The van der Waals surface area contributed by atoms with Crippen LogP contribution in [-0.4, -0.2) is 70.5 Å². The van der Waals surface area contributed by atoms with Crippen molar-refractivity contribution in [2.75, 3.05) is 37.8 Å². The zero-order valence-electron chi connectivity index (χ0n) is 23.2. The lowest BCUT2D eigenvalue weighted by Crippen LogP contribution is -2.43. The van der Waals surface area contributed by atoms with Crippen molar-refractivity contribution >= 4 is 46.5 Å². The first-order chi connectivity index (χ1) is 21.0. The van der Waals surface area contributed by atoms with E-state index in [1.165, 1.54) is 22.8 Å². The van der Waals surface area contributed by atoms with E-state index >= 15 is 0 Å². The van der Waals surface area contributed by atoms with Gasteiger partial charge in [0.2, 0.25) is 17.7 Å². The number of ether oxygens (including phenoxy) is 2. The highest BCUT2D eigenvalue weighted by Crippen LogP contribution is 2.54. The Morgan fingerprint density at radius 1 is 1.09 bits per heavy atom. The maximum atomic E-state index is 14.0. The minimum atomic E-state index is -4.69. The van der Waals surface area contributed by atoms with Gasteiger partial charge in [-0.25, -0.2) is 4.90 Å². The highest BCUT2D eigenvalue weighted by atomic mass is 32.2. The zero-order chi connectivity index (χ0) is 31.3. The molecule has 6 rings (SSSR count). The number of hydrogen-bond donors (Lipinski definition) is 1. The number of thioether (sulfide) groups is 1. The predicted molar refractivity (Wildman–Crippen MR) is 154 cm³/mol. The first-order valence-electron chi connectivity index (χ1n) is 13.8. The van der Waals surface area contributed by atoms with Crippen molar-refractivity contribution in [3.63, 3.8) is 0 Å². The topological polar surface area (TPSA) is 118 Å². The number of nitrogens with zero attached hydrogens (tertiary/aromatic N) is 3. The molecule has 4 heterocycles. The molecule has 232 valence electrons. The van der Waals surface area contributed by atoms with E-state index < -0.39 is 45.5 Å². The second kappa shape index (κ2) is 11.6. The number of halogens is 3. The van der Waals surface area contributed by atoms with Crippen LogP contribution in [0.4, 0.5) is 18.9 Å². The van der Waals surface area contributed by atoms with Crippen molar-refractivity contribution in [2.45, 2.75) is 35.8 Å². The van der Waals surface area contributed by atoms with Gasteiger partial charge in [-0.05, 0) is 42.8 Å². The van der Waals surface area contributed by atoms with Crippen molar-refractivity contribution in [2.24, 2.45) is 5.92 Å². The first kappa shape index (κ1) is 30.2. The highest BCUT2D eigenvalue weighted by molar-refractivity contribution is 8.00. The Bertz CT molecular complexity index is 1700. The maximum Gasteiger partial charge on any atom is 0.416 e. The number of alkyl halides is 3. The lowest BCUT2D eigenvalue weighted by Gasteiger charge is -2.31. The van der Waals surface area contributed by atoms with Crippen LogP contribution >= 0.6 is 23.1 Å². The fourth-order valence-corrected chi connectivity index (χ4v) is 8.51. The van der Waals surface area contributed by atoms with Crippen LogP contribution in [0.5, 0.6) is 11.5 Å². The summed E-state index contributed by atoms with van der Waals surface area (Å²) >= 11 is 1.81. The Labute approximate surface area is 257 Å². The first-order valence-corrected chi connectivity index (χ1v) is 15.5. The van der Waals surface area contributed by atoms with E-state index in [1.54, 1.807) is 17.9 Å². The van der Waals surface area contributed by atoms with Crippen molar-refractivity contribution in [1.29, 1.82) is 0 Å². The molecule has 0 saturated carbocycles. The molecule has 3 aromatic rings. The van der Waals surface area contributed by atoms with Crippen LogP contribution in [0, 0.1) is 5.92 Å². The summed E-state index contributed by atoms with van der Waals surface area (Å²) in [6, 6.07) is 8.47. The van der Waals surface area contributed by atoms with Gasteiger partial charge >= 0.3 is 11.0 Å². The fourth-order valence-electron chi connectivity index (χ4n) is 5.73. The number of carbonyl (C=O) groups is 3. The number of fused-ring (bicyclic) bond motifs is 2. The molecule has 3 aliphatic heterocycles. The van der Waals surface area contributed by atoms with E-state index in [0.717, 1.165) is 46.2 Å². The van der Waals surface area contributed by atoms with E-state index in [2.05, 4.69) is 0 Å². The number of benzene rings is 2. The van der Waals surface area contributed by atoms with E-state index in [9.17, 15) is 37.5 Å². The number of aromatic nitrogens is 1. The van der Waals surface area contributed by atoms with Gasteiger partial charge < -0.3 is 19.5 Å². The lowest BCUT2D eigenvalue weighted by atomic mass is 9.83. The average Bonchev–Trinajstić information content (AvgIpc) is 3.44. The molecule has 3 aliphatic rings. The highest BCUT2D eigenvalue weighted by Gasteiger charge is 2.57. The van der Waals surface area contributed by atoms with Crippen molar-refractivity contribution in [3.05, 3.63) is 68.1 Å². The Kier molecular flexibility index (Phi) is 7.96. The van der Waals surface area contributed by atoms with Gasteiger partial charge in [0.05, 0.1) is 42.0 Å². The second-order valence-electron chi connectivity index (χ2n) is 10.4. The maximum absolute atomic E-state index is 14.0. The molecule has 0 spiro atoms. The molecule has 0 unspecified atom stereocenters. The summed E-state index contributed by atoms with van der Waals surface area (Å²) < 4.78 is 52.7. The number of hydrogen-bond acceptors (Lipinski definition) is 9. The number of imide groups is 1. The molecular formula is C29H26F3N3O7S2. The van der Waals surface area contributed by atoms with Crippen molar-refractivity contribution in [3.8, 4) is 11.5 Å². The molecule has 0 aliphatic carbocycles. The summed E-state index contributed by atoms with van der Waals surface area (Å²) in [5.41, 5.74) is -0.764. The molecule has 3 amide bonds. The van der Waals surface area contributed by atoms with Gasteiger partial charge in [-0.1, -0.05) is 35.2 Å². The second-order valence-corrected chi connectivity index (χ2v) is 12.5. The van der Waals surface area contributed by atoms with Gasteiger partial charge in [-0.2, -0.15) is 13.2 Å². The van der Waals surface area contributed by atoms with Crippen LogP contribution in [0.25, 0.3) is 0 Å². The fraction of sp³-hybridized carbons (Fsp3) is 0.379. The lowest BCUT2D eigenvalue weighted by molar-refractivity contribution is -0.138. The van der Waals surface area contributed by atoms with Gasteiger partial charge in [0.15, 0.2) is 11.5 Å². The Hall–Kier alpha value is -3.82. The van der Waals surface area contributed by atoms with E-state index in [-0.39, 0.29) is 36.2 Å². The van der Waals surface area contributed by atoms with Gasteiger partial charge in [0, 0.05) is 23.9 Å². The molecular weight excluding hydrogens is 623 g/mol. The number of carbonyl (C=O) groups excluding carboxylic acids is 3. The Morgan fingerprint density at radius 2 is 1.84 bits per heavy atom. The van der Waals surface area contributed by atoms with E-state index in [1.807, 2.05) is 0 Å². The number of morpholine rings is 1. The number of thiazole rings is 1.